The average Bonchev–Trinajstić information content (AvgIpc) is 3.57. The summed E-state index contributed by atoms with van der Waals surface area (Å²) in [4.78, 5) is 25.9. The van der Waals surface area contributed by atoms with Crippen molar-refractivity contribution in [2.24, 2.45) is 5.92 Å². The van der Waals surface area contributed by atoms with Crippen LogP contribution in [0.4, 0.5) is 22.4 Å². The number of fused-ring (bicyclic) bond motifs is 1. The first-order valence-corrected chi connectivity index (χ1v) is 13.8. The highest BCUT2D eigenvalue weighted by atomic mass is 19.4. The van der Waals surface area contributed by atoms with E-state index in [2.05, 4.69) is 36.6 Å². The van der Waals surface area contributed by atoms with E-state index in [1.807, 2.05) is 6.07 Å². The van der Waals surface area contributed by atoms with Gasteiger partial charge in [0.2, 0.25) is 0 Å². The van der Waals surface area contributed by atoms with Crippen LogP contribution in [-0.2, 0) is 30.7 Å². The molecular weight excluding hydrogens is 574 g/mol. The summed E-state index contributed by atoms with van der Waals surface area (Å²) < 4.78 is 61.6. The van der Waals surface area contributed by atoms with Gasteiger partial charge in [0, 0.05) is 44.1 Å². The molecule has 228 valence electrons. The summed E-state index contributed by atoms with van der Waals surface area (Å²) in [6.07, 6.45) is 1.35. The number of nitrogens with zero attached hydrogens (tertiary/aromatic N) is 6. The number of unbranched alkanes of at least 4 members (excludes halogenated alkanes) is 1. The molecular formula is C28H29F4N7O4. The Morgan fingerprint density at radius 2 is 1.93 bits per heavy atom. The predicted molar refractivity (Wildman–Crippen MR) is 143 cm³/mol. The summed E-state index contributed by atoms with van der Waals surface area (Å²) in [5, 5.41) is 18.9. The second-order valence-corrected chi connectivity index (χ2v) is 10.2. The maximum absolute atomic E-state index is 14.0. The molecule has 0 saturated carbocycles. The first-order valence-electron chi connectivity index (χ1n) is 13.8. The molecule has 1 N–H and O–H groups in total. The third-order valence-electron chi connectivity index (χ3n) is 7.13. The lowest BCUT2D eigenvalue weighted by Crippen LogP contribution is -2.50. The van der Waals surface area contributed by atoms with E-state index in [0.717, 1.165) is 54.4 Å². The number of ether oxygens (including phenoxy) is 2. The van der Waals surface area contributed by atoms with Gasteiger partial charge in [-0.3, -0.25) is 9.48 Å². The van der Waals surface area contributed by atoms with Gasteiger partial charge in [0.25, 0.3) is 5.91 Å². The van der Waals surface area contributed by atoms with Crippen molar-refractivity contribution in [3.63, 3.8) is 0 Å². The van der Waals surface area contributed by atoms with Crippen LogP contribution in [0.15, 0.2) is 36.0 Å². The van der Waals surface area contributed by atoms with Crippen LogP contribution in [0.1, 0.15) is 52.8 Å². The highest BCUT2D eigenvalue weighted by Crippen LogP contribution is 2.33. The maximum atomic E-state index is 14.0. The van der Waals surface area contributed by atoms with E-state index in [1.165, 1.54) is 16.5 Å². The number of amides is 2. The van der Waals surface area contributed by atoms with Gasteiger partial charge in [-0.15, -0.1) is 18.3 Å². The number of carbonyl (C=O) groups excluding carboxylic acids is 2. The standard InChI is InChI=1S/C28H29F4N7O4/c1-2-42-27(41)38-14-20(15-38)17-9-18-10-21(34-35-24(18)12-17)5-3-4-8-39-16-25(36-37-39)26(40)33-13-19-11-22(6-7-23(19)29)43-28(30,31)32/h6-7,9-11,16,20H,2-5,8,12-15H2,1H3,(H,33,40). The van der Waals surface area contributed by atoms with E-state index in [4.69, 9.17) is 4.74 Å². The monoisotopic (exact) mass is 603 g/mol. The molecule has 1 saturated heterocycles. The van der Waals surface area contributed by atoms with Crippen LogP contribution in [0.25, 0.3) is 6.08 Å². The number of hydrogen-bond donors (Lipinski definition) is 1. The Morgan fingerprint density at radius 3 is 2.70 bits per heavy atom. The Labute approximate surface area is 243 Å². The van der Waals surface area contributed by atoms with E-state index in [1.54, 1.807) is 11.8 Å². The Kier molecular flexibility index (Phi) is 8.87. The van der Waals surface area contributed by atoms with Crippen LogP contribution in [0.5, 0.6) is 5.75 Å². The van der Waals surface area contributed by atoms with Crippen LogP contribution in [0.3, 0.4) is 0 Å². The van der Waals surface area contributed by atoms with Crippen molar-refractivity contribution in [2.75, 3.05) is 19.7 Å². The Morgan fingerprint density at radius 1 is 1.12 bits per heavy atom. The number of halogens is 4. The minimum absolute atomic E-state index is 0.00739. The number of rotatable bonds is 11. The summed E-state index contributed by atoms with van der Waals surface area (Å²) in [5.41, 5.74) is 3.93. The third kappa shape index (κ3) is 7.64. The number of likely N-dealkylation sites (tertiary alicyclic amines) is 1. The average molecular weight is 604 g/mol. The van der Waals surface area contributed by atoms with Crippen molar-refractivity contribution in [3.05, 3.63) is 70.1 Å². The van der Waals surface area contributed by atoms with Crippen molar-refractivity contribution in [1.82, 2.24) is 35.4 Å². The van der Waals surface area contributed by atoms with Gasteiger partial charge in [-0.25, -0.2) is 9.18 Å². The fourth-order valence-corrected chi connectivity index (χ4v) is 4.88. The molecule has 2 amide bonds. The Balaban J connectivity index is 1.05. The van der Waals surface area contributed by atoms with Gasteiger partial charge in [0.05, 0.1) is 24.2 Å². The minimum Gasteiger partial charge on any atom is -0.450 e. The van der Waals surface area contributed by atoms with Crippen molar-refractivity contribution in [2.45, 2.75) is 52.1 Å². The van der Waals surface area contributed by atoms with Gasteiger partial charge < -0.3 is 19.7 Å². The topological polar surface area (TPSA) is 124 Å². The largest absolute Gasteiger partial charge is 0.573 e. The maximum Gasteiger partial charge on any atom is 0.573 e. The molecule has 1 aliphatic carbocycles. The number of nitrogens with one attached hydrogen (secondary N) is 1. The zero-order chi connectivity index (χ0) is 30.6. The SMILES string of the molecule is CCOC(=O)N1CC(C2=Cc3cc(CCCCn4cc(C(=O)NCc5cc(OC(F)(F)F)ccc5F)nn4)nnc3C2)C1. The lowest BCUT2D eigenvalue weighted by molar-refractivity contribution is -0.274. The first-order chi connectivity index (χ1) is 20.6. The fourth-order valence-electron chi connectivity index (χ4n) is 4.88. The quantitative estimate of drug-likeness (QED) is 0.257. The van der Waals surface area contributed by atoms with Crippen LogP contribution in [0.2, 0.25) is 0 Å². The van der Waals surface area contributed by atoms with E-state index in [0.29, 0.717) is 38.6 Å². The molecule has 43 heavy (non-hydrogen) atoms. The van der Waals surface area contributed by atoms with Gasteiger partial charge in [-0.05, 0) is 56.0 Å². The highest BCUT2D eigenvalue weighted by molar-refractivity contribution is 5.91. The van der Waals surface area contributed by atoms with Crippen LogP contribution in [0, 0.1) is 11.7 Å². The van der Waals surface area contributed by atoms with Crippen molar-refractivity contribution in [1.29, 1.82) is 0 Å². The minimum atomic E-state index is -4.92. The van der Waals surface area contributed by atoms with Crippen LogP contribution in [-0.4, -0.2) is 68.2 Å². The molecule has 5 rings (SSSR count). The molecule has 1 fully saturated rings. The fraction of sp³-hybridized carbons (Fsp3) is 0.429. The van der Waals surface area contributed by atoms with E-state index >= 15 is 0 Å². The summed E-state index contributed by atoms with van der Waals surface area (Å²) >= 11 is 0. The number of alkyl halides is 3. The molecule has 2 aromatic heterocycles. The number of aryl methyl sites for hydroxylation is 2. The van der Waals surface area contributed by atoms with Crippen molar-refractivity contribution in [3.8, 4) is 5.75 Å². The van der Waals surface area contributed by atoms with E-state index < -0.39 is 23.8 Å². The zero-order valence-corrected chi connectivity index (χ0v) is 23.2. The molecule has 0 spiro atoms. The third-order valence-corrected chi connectivity index (χ3v) is 7.13. The predicted octanol–water partition coefficient (Wildman–Crippen LogP) is 4.09. The molecule has 0 radical (unpaired) electrons. The number of hydrogen-bond acceptors (Lipinski definition) is 8. The zero-order valence-electron chi connectivity index (χ0n) is 23.2. The van der Waals surface area contributed by atoms with Gasteiger partial charge >= 0.3 is 12.5 Å². The summed E-state index contributed by atoms with van der Waals surface area (Å²) in [5.74, 6) is -1.72. The van der Waals surface area contributed by atoms with Gasteiger partial charge in [0.1, 0.15) is 11.6 Å². The Hall–Kier alpha value is -4.56. The van der Waals surface area contributed by atoms with Gasteiger partial charge in [-0.2, -0.15) is 10.2 Å². The lowest BCUT2D eigenvalue weighted by atomic mass is 9.91. The summed E-state index contributed by atoms with van der Waals surface area (Å²) in [6.45, 7) is 3.58. The number of aromatic nitrogens is 5. The molecule has 3 heterocycles. The first kappa shape index (κ1) is 29.9. The van der Waals surface area contributed by atoms with Crippen LogP contribution >= 0.6 is 0 Å². The Bertz CT molecular complexity index is 1520. The molecule has 2 aliphatic rings. The molecule has 0 unspecified atom stereocenters. The molecule has 15 heteroatoms. The van der Waals surface area contributed by atoms with E-state index in [9.17, 15) is 27.2 Å². The smallest absolute Gasteiger partial charge is 0.450 e. The molecule has 11 nitrogen and oxygen atoms in total. The number of carbonyl (C=O) groups is 2. The molecule has 1 aliphatic heterocycles. The van der Waals surface area contributed by atoms with Gasteiger partial charge in [0.15, 0.2) is 5.69 Å². The summed E-state index contributed by atoms with van der Waals surface area (Å²) in [6, 6.07) is 4.60. The molecule has 1 aromatic carbocycles. The van der Waals surface area contributed by atoms with Crippen molar-refractivity contribution >= 4 is 18.1 Å². The molecule has 0 atom stereocenters. The molecule has 0 bridgehead atoms. The van der Waals surface area contributed by atoms with E-state index in [-0.39, 0.29) is 23.9 Å². The highest BCUT2D eigenvalue weighted by Gasteiger charge is 2.36. The molecule has 3 aromatic rings. The second-order valence-electron chi connectivity index (χ2n) is 10.2. The lowest BCUT2D eigenvalue weighted by Gasteiger charge is -2.39. The normalized spacial score (nSPS) is 14.6. The second kappa shape index (κ2) is 12.8. The van der Waals surface area contributed by atoms with Crippen LogP contribution < -0.4 is 10.1 Å². The van der Waals surface area contributed by atoms with Crippen molar-refractivity contribution < 1.29 is 36.6 Å². The summed E-state index contributed by atoms with van der Waals surface area (Å²) in [7, 11) is 0. The van der Waals surface area contributed by atoms with Gasteiger partial charge in [-0.1, -0.05) is 16.9 Å². The number of benzene rings is 1.